The largest absolute Gasteiger partial charge is 0.285 e. The van der Waals surface area contributed by atoms with Gasteiger partial charge in [-0.05, 0) is 38.6 Å². The molecular weight excluding hydrogens is 560 g/mol. The molecule has 5 aromatic carbocycles. The molecule has 0 aliphatic heterocycles. The number of benzene rings is 5. The molecule has 6 heteroatoms. The van der Waals surface area contributed by atoms with E-state index in [-0.39, 0.29) is 11.6 Å². The van der Waals surface area contributed by atoms with Crippen molar-refractivity contribution in [2.75, 3.05) is 0 Å². The smallest absolute Gasteiger partial charge is 0.245 e. The molecule has 0 spiro atoms. The van der Waals surface area contributed by atoms with Gasteiger partial charge in [0, 0.05) is 10.9 Å². The van der Waals surface area contributed by atoms with Crippen LogP contribution >= 0.6 is 15.9 Å². The van der Waals surface area contributed by atoms with Gasteiger partial charge in [0.05, 0.1) is 0 Å². The van der Waals surface area contributed by atoms with Gasteiger partial charge in [-0.3, -0.25) is 4.79 Å². The zero-order valence-electron chi connectivity index (χ0n) is 21.6. The molecule has 6 aromatic rings. The third-order valence-corrected chi connectivity index (χ3v) is 7.73. The van der Waals surface area contributed by atoms with Crippen LogP contribution < -0.4 is 0 Å². The zero-order valence-corrected chi connectivity index (χ0v) is 23.1. The van der Waals surface area contributed by atoms with Gasteiger partial charge in [0.2, 0.25) is 11.6 Å². The molecule has 6 rings (SSSR count). The Morgan fingerprint density at radius 1 is 0.650 bits per heavy atom. The number of carbonyl (C=O) groups excluding carboxylic acids is 1. The predicted molar refractivity (Wildman–Crippen MR) is 160 cm³/mol. The quantitative estimate of drug-likeness (QED) is 0.107. The lowest BCUT2D eigenvalue weighted by atomic mass is 9.77. The van der Waals surface area contributed by atoms with Crippen LogP contribution in [0.4, 0.5) is 0 Å². The van der Waals surface area contributed by atoms with Crippen molar-refractivity contribution < 1.29 is 4.79 Å². The Bertz CT molecular complexity index is 1640. The van der Waals surface area contributed by atoms with Crippen LogP contribution in [0.1, 0.15) is 38.4 Å². The number of rotatable bonds is 8. The van der Waals surface area contributed by atoms with Crippen molar-refractivity contribution in [2.24, 2.45) is 0 Å². The Balaban J connectivity index is 1.51. The summed E-state index contributed by atoms with van der Waals surface area (Å²) >= 11 is 3.50. The molecule has 5 nitrogen and oxygen atoms in total. The summed E-state index contributed by atoms with van der Waals surface area (Å²) in [7, 11) is 0. The monoisotopic (exact) mass is 584 g/mol. The van der Waals surface area contributed by atoms with E-state index in [9.17, 15) is 4.79 Å². The number of tetrazole rings is 1. The molecule has 0 aliphatic rings. The van der Waals surface area contributed by atoms with Crippen molar-refractivity contribution in [1.82, 2.24) is 20.2 Å². The van der Waals surface area contributed by atoms with Gasteiger partial charge in [0.25, 0.3) is 0 Å². The van der Waals surface area contributed by atoms with E-state index in [0.29, 0.717) is 5.56 Å². The molecule has 0 unspecified atom stereocenters. The highest BCUT2D eigenvalue weighted by Crippen LogP contribution is 2.39. The summed E-state index contributed by atoms with van der Waals surface area (Å²) in [6.07, 6.45) is 0. The van der Waals surface area contributed by atoms with Crippen molar-refractivity contribution in [3.8, 4) is 11.1 Å². The van der Waals surface area contributed by atoms with Gasteiger partial charge in [-0.2, -0.15) is 0 Å². The SMILES string of the molecule is O=C(c1nnn(C(c2ccccc2)(c2ccccc2)c2ccccc2)n1)c1ccccc1-c1ccc(CBr)cc1. The second-order valence-electron chi connectivity index (χ2n) is 9.42. The Morgan fingerprint density at radius 2 is 1.15 bits per heavy atom. The lowest BCUT2D eigenvalue weighted by Gasteiger charge is -2.34. The van der Waals surface area contributed by atoms with E-state index < -0.39 is 5.54 Å². The molecule has 0 bridgehead atoms. The average molecular weight is 586 g/mol. The summed E-state index contributed by atoms with van der Waals surface area (Å²) in [6, 6.07) is 45.9. The van der Waals surface area contributed by atoms with Gasteiger partial charge in [0.1, 0.15) is 0 Å². The first-order chi connectivity index (χ1) is 19.7. The van der Waals surface area contributed by atoms with Crippen LogP contribution in [-0.2, 0) is 10.9 Å². The molecule has 1 heterocycles. The summed E-state index contributed by atoms with van der Waals surface area (Å²) in [5.41, 5.74) is 5.39. The maximum absolute atomic E-state index is 13.9. The summed E-state index contributed by atoms with van der Waals surface area (Å²) in [5, 5.41) is 14.4. The van der Waals surface area contributed by atoms with Crippen LogP contribution in [0.5, 0.6) is 0 Å². The van der Waals surface area contributed by atoms with Crippen molar-refractivity contribution >= 4 is 21.7 Å². The highest BCUT2D eigenvalue weighted by Gasteiger charge is 2.41. The third kappa shape index (κ3) is 4.56. The van der Waals surface area contributed by atoms with Crippen LogP contribution in [-0.4, -0.2) is 26.0 Å². The number of carbonyl (C=O) groups is 1. The van der Waals surface area contributed by atoms with Gasteiger partial charge >= 0.3 is 0 Å². The van der Waals surface area contributed by atoms with Crippen LogP contribution in [0, 0.1) is 0 Å². The molecule has 0 N–H and O–H groups in total. The van der Waals surface area contributed by atoms with E-state index in [0.717, 1.165) is 38.7 Å². The van der Waals surface area contributed by atoms with E-state index in [2.05, 4.69) is 62.6 Å². The summed E-state index contributed by atoms with van der Waals surface area (Å²) in [6.45, 7) is 0. The van der Waals surface area contributed by atoms with Gasteiger partial charge in [-0.25, -0.2) is 0 Å². The average Bonchev–Trinajstić information content (AvgIpc) is 3.53. The molecule has 0 radical (unpaired) electrons. The standard InChI is InChI=1S/C34H25BrN4O/c35-24-25-20-22-26(23-21-25)30-18-10-11-19-31(30)32(40)33-36-38-39(37-33)34(27-12-4-1-5-13-27,28-14-6-2-7-15-28)29-16-8-3-9-17-29/h1-23H,24H2. The van der Waals surface area contributed by atoms with Crippen LogP contribution in [0.25, 0.3) is 11.1 Å². The second kappa shape index (κ2) is 11.2. The van der Waals surface area contributed by atoms with Crippen LogP contribution in [0.15, 0.2) is 140 Å². The number of hydrogen-bond donors (Lipinski definition) is 0. The fourth-order valence-electron chi connectivity index (χ4n) is 5.16. The molecule has 0 atom stereocenters. The van der Waals surface area contributed by atoms with Crippen LogP contribution in [0.2, 0.25) is 0 Å². The molecular formula is C34H25BrN4O. The molecule has 0 aliphatic carbocycles. The van der Waals surface area contributed by atoms with E-state index in [1.807, 2.05) is 103 Å². The van der Waals surface area contributed by atoms with Gasteiger partial charge in [0.15, 0.2) is 5.54 Å². The Kier molecular flexibility index (Phi) is 7.17. The van der Waals surface area contributed by atoms with Gasteiger partial charge in [-0.15, -0.1) is 15.0 Å². The molecule has 1 aromatic heterocycles. The maximum Gasteiger partial charge on any atom is 0.245 e. The van der Waals surface area contributed by atoms with Crippen molar-refractivity contribution in [1.29, 1.82) is 0 Å². The maximum atomic E-state index is 13.9. The minimum atomic E-state index is -0.944. The van der Waals surface area contributed by atoms with Crippen LogP contribution in [0.3, 0.4) is 0 Å². The number of nitrogens with zero attached hydrogens (tertiary/aromatic N) is 4. The van der Waals surface area contributed by atoms with Crippen molar-refractivity contribution in [3.05, 3.63) is 173 Å². The molecule has 0 saturated carbocycles. The Morgan fingerprint density at radius 3 is 1.68 bits per heavy atom. The fraction of sp³-hybridized carbons (Fsp3) is 0.0588. The summed E-state index contributed by atoms with van der Waals surface area (Å²) < 4.78 is 0. The predicted octanol–water partition coefficient (Wildman–Crippen LogP) is 7.31. The fourth-order valence-corrected chi connectivity index (χ4v) is 5.53. The van der Waals surface area contributed by atoms with Crippen molar-refractivity contribution in [2.45, 2.75) is 10.9 Å². The molecule has 0 saturated heterocycles. The van der Waals surface area contributed by atoms with E-state index in [4.69, 9.17) is 5.10 Å². The van der Waals surface area contributed by atoms with E-state index >= 15 is 0 Å². The number of alkyl halides is 1. The molecule has 0 amide bonds. The highest BCUT2D eigenvalue weighted by atomic mass is 79.9. The first-order valence-corrected chi connectivity index (χ1v) is 14.1. The highest BCUT2D eigenvalue weighted by molar-refractivity contribution is 9.08. The molecule has 40 heavy (non-hydrogen) atoms. The van der Waals surface area contributed by atoms with Gasteiger partial charge in [-0.1, -0.05) is 155 Å². The Labute approximate surface area is 241 Å². The zero-order chi connectivity index (χ0) is 27.4. The Hall–Kier alpha value is -4.68. The number of hydrogen-bond acceptors (Lipinski definition) is 4. The van der Waals surface area contributed by atoms with Crippen molar-refractivity contribution in [3.63, 3.8) is 0 Å². The molecule has 0 fully saturated rings. The second-order valence-corrected chi connectivity index (χ2v) is 9.98. The van der Waals surface area contributed by atoms with E-state index in [1.54, 1.807) is 4.80 Å². The van der Waals surface area contributed by atoms with Gasteiger partial charge < -0.3 is 0 Å². The minimum absolute atomic E-state index is 0.0386. The number of ketones is 1. The van der Waals surface area contributed by atoms with E-state index in [1.165, 1.54) is 0 Å². The molecule has 194 valence electrons. The summed E-state index contributed by atoms with van der Waals surface area (Å²) in [5.74, 6) is -0.244. The lowest BCUT2D eigenvalue weighted by Crippen LogP contribution is -2.39. The number of aromatic nitrogens is 4. The normalized spacial score (nSPS) is 11.3. The first-order valence-electron chi connectivity index (χ1n) is 13.0. The lowest BCUT2D eigenvalue weighted by molar-refractivity contribution is 0.102. The third-order valence-electron chi connectivity index (χ3n) is 7.08. The topological polar surface area (TPSA) is 60.7 Å². The first kappa shape index (κ1) is 25.6. The summed E-state index contributed by atoms with van der Waals surface area (Å²) in [4.78, 5) is 15.5. The minimum Gasteiger partial charge on any atom is -0.285 e. The number of halogens is 1.